The van der Waals surface area contributed by atoms with Crippen molar-refractivity contribution in [3.05, 3.63) is 82.0 Å². The fraction of sp³-hybridized carbons (Fsp3) is 0.240. The van der Waals surface area contributed by atoms with E-state index in [1.54, 1.807) is 4.57 Å². The summed E-state index contributed by atoms with van der Waals surface area (Å²) in [5.74, 6) is 0.635. The molecule has 162 valence electrons. The van der Waals surface area contributed by atoms with Crippen LogP contribution in [0.5, 0.6) is 0 Å². The van der Waals surface area contributed by atoms with E-state index >= 15 is 0 Å². The molecule has 1 aliphatic rings. The van der Waals surface area contributed by atoms with Crippen molar-refractivity contribution in [1.82, 2.24) is 9.55 Å². The Bertz CT molecular complexity index is 1300. The third-order valence-corrected chi connectivity index (χ3v) is 6.84. The van der Waals surface area contributed by atoms with Gasteiger partial charge in [-0.2, -0.15) is 0 Å². The summed E-state index contributed by atoms with van der Waals surface area (Å²) in [4.78, 5) is 33.1. The predicted molar refractivity (Wildman–Crippen MR) is 130 cm³/mol. The van der Waals surface area contributed by atoms with Gasteiger partial charge in [0.1, 0.15) is 4.70 Å². The van der Waals surface area contributed by atoms with Crippen molar-refractivity contribution < 1.29 is 4.79 Å². The normalized spacial score (nSPS) is 14.6. The molecule has 2 aromatic heterocycles. The van der Waals surface area contributed by atoms with Gasteiger partial charge in [-0.15, -0.1) is 11.3 Å². The number of thiophene rings is 1. The highest BCUT2D eigenvalue weighted by Crippen LogP contribution is 2.27. The van der Waals surface area contributed by atoms with Crippen LogP contribution < -0.4 is 15.8 Å². The van der Waals surface area contributed by atoms with Gasteiger partial charge in [0.2, 0.25) is 11.9 Å². The zero-order chi connectivity index (χ0) is 22.1. The highest BCUT2D eigenvalue weighted by Gasteiger charge is 2.28. The van der Waals surface area contributed by atoms with E-state index in [1.807, 2.05) is 73.0 Å². The molecule has 0 atom stereocenters. The molecule has 32 heavy (non-hydrogen) atoms. The standard InChI is InChI=1S/C25H24N4O2S/c1-17-7-9-20(10-8-17)29-24(31)22-21(13-16-32-22)27-25(29)28-14-11-18(12-15-28)23(30)26-19-5-3-2-4-6-19/h2-10,13,16,18H,11-12,14-15H2,1H3,(H,26,30). The topological polar surface area (TPSA) is 67.2 Å². The van der Waals surface area contributed by atoms with Gasteiger partial charge >= 0.3 is 0 Å². The summed E-state index contributed by atoms with van der Waals surface area (Å²) in [7, 11) is 0. The molecule has 7 heteroatoms. The molecule has 0 radical (unpaired) electrons. The van der Waals surface area contributed by atoms with E-state index in [9.17, 15) is 9.59 Å². The van der Waals surface area contributed by atoms with Crippen molar-refractivity contribution in [1.29, 1.82) is 0 Å². The molecular formula is C25H24N4O2S. The lowest BCUT2D eigenvalue weighted by atomic mass is 9.96. The summed E-state index contributed by atoms with van der Waals surface area (Å²) in [5, 5.41) is 4.92. The van der Waals surface area contributed by atoms with E-state index in [4.69, 9.17) is 4.98 Å². The smallest absolute Gasteiger partial charge is 0.277 e. The van der Waals surface area contributed by atoms with Gasteiger partial charge < -0.3 is 10.2 Å². The molecule has 3 heterocycles. The van der Waals surface area contributed by atoms with Gasteiger partial charge in [0.15, 0.2) is 0 Å². The first-order chi connectivity index (χ1) is 15.6. The van der Waals surface area contributed by atoms with Crippen LogP contribution in [0.1, 0.15) is 18.4 Å². The second kappa shape index (κ2) is 8.59. The third-order valence-electron chi connectivity index (χ3n) is 5.94. The molecular weight excluding hydrogens is 420 g/mol. The molecule has 1 saturated heterocycles. The maximum Gasteiger partial charge on any atom is 0.277 e. The molecule has 5 rings (SSSR count). The Kier molecular flexibility index (Phi) is 5.49. The Hall–Kier alpha value is -3.45. The molecule has 1 amide bonds. The lowest BCUT2D eigenvalue weighted by Gasteiger charge is -2.33. The summed E-state index contributed by atoms with van der Waals surface area (Å²) in [5.41, 5.74) is 3.44. The Morgan fingerprint density at radius 3 is 2.47 bits per heavy atom. The Labute approximate surface area is 190 Å². The van der Waals surface area contributed by atoms with Gasteiger partial charge in [-0.1, -0.05) is 35.9 Å². The van der Waals surface area contributed by atoms with Gasteiger partial charge in [0.25, 0.3) is 5.56 Å². The number of rotatable bonds is 4. The minimum atomic E-state index is -0.0594. The highest BCUT2D eigenvalue weighted by molar-refractivity contribution is 7.17. The Balaban J connectivity index is 1.42. The first kappa shape index (κ1) is 20.5. The number of piperidine rings is 1. The van der Waals surface area contributed by atoms with Gasteiger partial charge in [-0.05, 0) is 55.5 Å². The molecule has 0 saturated carbocycles. The molecule has 1 fully saturated rings. The van der Waals surface area contributed by atoms with Crippen LogP contribution in [0.25, 0.3) is 15.9 Å². The van der Waals surface area contributed by atoms with Crippen LogP contribution in [0.4, 0.5) is 11.6 Å². The number of amides is 1. The minimum Gasteiger partial charge on any atom is -0.342 e. The van der Waals surface area contributed by atoms with Crippen LogP contribution in [-0.4, -0.2) is 28.5 Å². The number of hydrogen-bond acceptors (Lipinski definition) is 5. The van der Waals surface area contributed by atoms with Crippen LogP contribution in [0.15, 0.2) is 70.8 Å². The van der Waals surface area contributed by atoms with Crippen molar-refractivity contribution >= 4 is 39.1 Å². The van der Waals surface area contributed by atoms with Crippen LogP contribution >= 0.6 is 11.3 Å². The van der Waals surface area contributed by atoms with Crippen molar-refractivity contribution in [2.75, 3.05) is 23.3 Å². The van der Waals surface area contributed by atoms with E-state index in [0.717, 1.165) is 22.5 Å². The molecule has 0 bridgehead atoms. The maximum absolute atomic E-state index is 13.4. The molecule has 4 aromatic rings. The Morgan fingerprint density at radius 1 is 1.03 bits per heavy atom. The molecule has 2 aromatic carbocycles. The molecule has 6 nitrogen and oxygen atoms in total. The lowest BCUT2D eigenvalue weighted by Crippen LogP contribution is -2.41. The van der Waals surface area contributed by atoms with Gasteiger partial charge in [-0.25, -0.2) is 9.55 Å². The second-order valence-electron chi connectivity index (χ2n) is 8.14. The second-order valence-corrected chi connectivity index (χ2v) is 9.06. The SMILES string of the molecule is Cc1ccc(-n2c(N3CCC(C(=O)Nc4ccccc4)CC3)nc3ccsc3c2=O)cc1. The number of anilines is 2. The van der Waals surface area contributed by atoms with Crippen molar-refractivity contribution in [2.45, 2.75) is 19.8 Å². The maximum atomic E-state index is 13.4. The first-order valence-electron chi connectivity index (χ1n) is 10.8. The number of para-hydroxylation sites is 1. The largest absolute Gasteiger partial charge is 0.342 e. The summed E-state index contributed by atoms with van der Waals surface area (Å²) < 4.78 is 2.37. The fourth-order valence-corrected chi connectivity index (χ4v) is 4.91. The first-order valence-corrected chi connectivity index (χ1v) is 11.7. The van der Waals surface area contributed by atoms with Crippen LogP contribution in [0, 0.1) is 12.8 Å². The number of benzene rings is 2. The van der Waals surface area contributed by atoms with Crippen molar-refractivity contribution in [3.8, 4) is 5.69 Å². The van der Waals surface area contributed by atoms with Crippen molar-refractivity contribution in [3.63, 3.8) is 0 Å². The minimum absolute atomic E-state index is 0.0483. The summed E-state index contributed by atoms with van der Waals surface area (Å²) >= 11 is 1.42. The number of carbonyl (C=O) groups excluding carboxylic acids is 1. The lowest BCUT2D eigenvalue weighted by molar-refractivity contribution is -0.120. The predicted octanol–water partition coefficient (Wildman–Crippen LogP) is 4.61. The quantitative estimate of drug-likeness (QED) is 0.499. The number of nitrogens with one attached hydrogen (secondary N) is 1. The van der Waals surface area contributed by atoms with E-state index in [1.165, 1.54) is 11.3 Å². The molecule has 0 spiro atoms. The zero-order valence-electron chi connectivity index (χ0n) is 17.8. The van der Waals surface area contributed by atoms with E-state index in [-0.39, 0.29) is 17.4 Å². The molecule has 1 N–H and O–H groups in total. The zero-order valence-corrected chi connectivity index (χ0v) is 18.6. The van der Waals surface area contributed by atoms with Crippen LogP contribution in [0.3, 0.4) is 0 Å². The van der Waals surface area contributed by atoms with Gasteiger partial charge in [-0.3, -0.25) is 9.59 Å². The van der Waals surface area contributed by atoms with Crippen LogP contribution in [-0.2, 0) is 4.79 Å². The number of nitrogens with zero attached hydrogens (tertiary/aromatic N) is 3. The monoisotopic (exact) mass is 444 g/mol. The van der Waals surface area contributed by atoms with Gasteiger partial charge in [0.05, 0.1) is 11.2 Å². The fourth-order valence-electron chi connectivity index (χ4n) is 4.15. The average molecular weight is 445 g/mol. The molecule has 1 aliphatic heterocycles. The number of hydrogen-bond donors (Lipinski definition) is 1. The van der Waals surface area contributed by atoms with Crippen LogP contribution in [0.2, 0.25) is 0 Å². The summed E-state index contributed by atoms with van der Waals surface area (Å²) in [6.07, 6.45) is 1.42. The summed E-state index contributed by atoms with van der Waals surface area (Å²) in [6, 6.07) is 19.4. The third kappa shape index (κ3) is 3.91. The number of aromatic nitrogens is 2. The van der Waals surface area contributed by atoms with Gasteiger partial charge in [0, 0.05) is 24.7 Å². The number of carbonyl (C=O) groups is 1. The molecule has 0 unspecified atom stereocenters. The number of fused-ring (bicyclic) bond motifs is 1. The molecule has 0 aliphatic carbocycles. The van der Waals surface area contributed by atoms with E-state index < -0.39 is 0 Å². The number of aryl methyl sites for hydroxylation is 1. The van der Waals surface area contributed by atoms with E-state index in [0.29, 0.717) is 36.6 Å². The highest BCUT2D eigenvalue weighted by atomic mass is 32.1. The van der Waals surface area contributed by atoms with E-state index in [2.05, 4.69) is 10.2 Å². The Morgan fingerprint density at radius 2 is 1.75 bits per heavy atom. The van der Waals surface area contributed by atoms with Crippen molar-refractivity contribution in [2.24, 2.45) is 5.92 Å². The summed E-state index contributed by atoms with van der Waals surface area (Å²) in [6.45, 7) is 3.36. The average Bonchev–Trinajstić information content (AvgIpc) is 3.30.